The second-order valence-electron chi connectivity index (χ2n) is 3.07. The van der Waals surface area contributed by atoms with Crippen LogP contribution < -0.4 is 4.90 Å². The molecule has 0 radical (unpaired) electrons. The van der Waals surface area contributed by atoms with Crippen LogP contribution in [-0.4, -0.2) is 22.0 Å². The number of carbonyl (C=O) groups is 2. The van der Waals surface area contributed by atoms with Gasteiger partial charge in [0.15, 0.2) is 3.95 Å². The van der Waals surface area contributed by atoms with E-state index in [0.717, 1.165) is 16.2 Å². The summed E-state index contributed by atoms with van der Waals surface area (Å²) in [6.45, 7) is 1.73. The van der Waals surface area contributed by atoms with Gasteiger partial charge in [0.05, 0.1) is 0 Å². The normalized spacial score (nSPS) is 22.1. The molecule has 0 spiro atoms. The van der Waals surface area contributed by atoms with Crippen LogP contribution in [0.25, 0.3) is 0 Å². The minimum Gasteiger partial charge on any atom is -0.274 e. The van der Waals surface area contributed by atoms with Gasteiger partial charge in [0.1, 0.15) is 0 Å². The monoisotopic (exact) mass is 229 g/mol. The van der Waals surface area contributed by atoms with Gasteiger partial charge in [-0.1, -0.05) is 18.3 Å². The van der Waals surface area contributed by atoms with Gasteiger partial charge in [-0.2, -0.15) is 0 Å². The Morgan fingerprint density at radius 1 is 1.64 bits per heavy atom. The summed E-state index contributed by atoms with van der Waals surface area (Å²) in [5.74, 6) is -0.659. The van der Waals surface area contributed by atoms with Crippen molar-refractivity contribution in [2.75, 3.05) is 4.90 Å². The Hall–Kier alpha value is -1.08. The Kier molecular flexibility index (Phi) is 2.20. The van der Waals surface area contributed by atoms with Crippen LogP contribution in [0.3, 0.4) is 0 Å². The molecule has 2 heterocycles. The number of nitrogens with one attached hydrogen (secondary N) is 1. The third-order valence-electron chi connectivity index (χ3n) is 1.99. The van der Waals surface area contributed by atoms with Crippen molar-refractivity contribution in [2.45, 2.75) is 13.3 Å². The minimum atomic E-state index is -0.250. The third-order valence-corrected chi connectivity index (χ3v) is 3.06. The van der Waals surface area contributed by atoms with Crippen molar-refractivity contribution in [3.63, 3.8) is 0 Å². The molecule has 0 saturated carbocycles. The number of aromatic amines is 1. The Labute approximate surface area is 88.7 Å². The largest absolute Gasteiger partial charge is 0.274 e. The van der Waals surface area contributed by atoms with Gasteiger partial charge in [-0.3, -0.25) is 14.7 Å². The number of aromatic nitrogens is 2. The van der Waals surface area contributed by atoms with E-state index in [1.54, 1.807) is 6.92 Å². The molecule has 1 atom stereocenters. The average Bonchev–Trinajstić information content (AvgIpc) is 2.60. The lowest BCUT2D eigenvalue weighted by Crippen LogP contribution is -2.29. The summed E-state index contributed by atoms with van der Waals surface area (Å²) >= 11 is 5.95. The summed E-state index contributed by atoms with van der Waals surface area (Å²) in [6.07, 6.45) is 0.255. The van der Waals surface area contributed by atoms with Crippen LogP contribution >= 0.6 is 23.6 Å². The van der Waals surface area contributed by atoms with E-state index in [0.29, 0.717) is 9.09 Å². The quantitative estimate of drug-likeness (QED) is 0.578. The van der Waals surface area contributed by atoms with Crippen molar-refractivity contribution in [2.24, 2.45) is 5.92 Å². The predicted molar refractivity (Wildman–Crippen MR) is 53.6 cm³/mol. The third kappa shape index (κ3) is 1.38. The second kappa shape index (κ2) is 3.25. The van der Waals surface area contributed by atoms with Gasteiger partial charge in [-0.15, -0.1) is 5.10 Å². The van der Waals surface area contributed by atoms with Crippen molar-refractivity contribution >= 4 is 40.5 Å². The fraction of sp³-hybridized carbons (Fsp3) is 0.429. The molecule has 74 valence electrons. The van der Waals surface area contributed by atoms with E-state index in [1.165, 1.54) is 0 Å². The van der Waals surface area contributed by atoms with Crippen LogP contribution in [-0.2, 0) is 9.59 Å². The molecular weight excluding hydrogens is 222 g/mol. The Balaban J connectivity index is 2.40. The fourth-order valence-electron chi connectivity index (χ4n) is 1.30. The van der Waals surface area contributed by atoms with E-state index < -0.39 is 0 Å². The number of anilines is 1. The molecule has 0 aliphatic carbocycles. The van der Waals surface area contributed by atoms with Crippen LogP contribution in [0.1, 0.15) is 13.3 Å². The van der Waals surface area contributed by atoms with Crippen LogP contribution in [0.5, 0.6) is 0 Å². The molecule has 1 N–H and O–H groups in total. The van der Waals surface area contributed by atoms with E-state index in [9.17, 15) is 9.59 Å². The lowest BCUT2D eigenvalue weighted by Gasteiger charge is -2.08. The van der Waals surface area contributed by atoms with Gasteiger partial charge in [-0.25, -0.2) is 4.90 Å². The smallest absolute Gasteiger partial charge is 0.239 e. The Morgan fingerprint density at radius 3 is 2.79 bits per heavy atom. The van der Waals surface area contributed by atoms with Gasteiger partial charge < -0.3 is 0 Å². The average molecular weight is 229 g/mol. The highest BCUT2D eigenvalue weighted by molar-refractivity contribution is 7.73. The first-order valence-electron chi connectivity index (χ1n) is 4.02. The zero-order valence-corrected chi connectivity index (χ0v) is 8.94. The summed E-state index contributed by atoms with van der Waals surface area (Å²) in [5, 5.41) is 6.69. The molecule has 2 rings (SSSR count). The van der Waals surface area contributed by atoms with Crippen LogP contribution in [0, 0.1) is 9.87 Å². The molecule has 1 aliphatic rings. The molecule has 5 nitrogen and oxygen atoms in total. The number of imide groups is 1. The first kappa shape index (κ1) is 9.47. The first-order valence-corrected chi connectivity index (χ1v) is 5.24. The zero-order chi connectivity index (χ0) is 10.3. The SMILES string of the molecule is CC1CC(=O)N(c2n[nH]c(=S)s2)C1=O. The number of carbonyl (C=O) groups excluding carboxylic acids is 2. The molecule has 0 aromatic carbocycles. The van der Waals surface area contributed by atoms with E-state index in [4.69, 9.17) is 12.2 Å². The molecule has 1 aromatic rings. The van der Waals surface area contributed by atoms with Crippen molar-refractivity contribution in [3.8, 4) is 0 Å². The highest BCUT2D eigenvalue weighted by Gasteiger charge is 2.38. The number of nitrogens with zero attached hydrogens (tertiary/aromatic N) is 2. The predicted octanol–water partition coefficient (Wildman–Crippen LogP) is 1.10. The summed E-state index contributed by atoms with van der Waals surface area (Å²) in [7, 11) is 0. The summed E-state index contributed by atoms with van der Waals surface area (Å²) < 4.78 is 0.458. The summed E-state index contributed by atoms with van der Waals surface area (Å²) in [6, 6.07) is 0. The Bertz CT molecular complexity index is 450. The lowest BCUT2D eigenvalue weighted by molar-refractivity contribution is -0.122. The molecule has 1 fully saturated rings. The molecule has 1 unspecified atom stereocenters. The lowest BCUT2D eigenvalue weighted by atomic mass is 10.1. The molecule has 2 amide bonds. The highest BCUT2D eigenvalue weighted by atomic mass is 32.1. The van der Waals surface area contributed by atoms with Gasteiger partial charge >= 0.3 is 0 Å². The number of rotatable bonds is 1. The highest BCUT2D eigenvalue weighted by Crippen LogP contribution is 2.27. The molecule has 1 aromatic heterocycles. The van der Waals surface area contributed by atoms with Crippen molar-refractivity contribution < 1.29 is 9.59 Å². The maximum absolute atomic E-state index is 11.5. The molecule has 0 bridgehead atoms. The molecule has 7 heteroatoms. The first-order chi connectivity index (χ1) is 6.59. The zero-order valence-electron chi connectivity index (χ0n) is 7.31. The number of hydrogen-bond donors (Lipinski definition) is 1. The van der Waals surface area contributed by atoms with Crippen LogP contribution in [0.2, 0.25) is 0 Å². The maximum atomic E-state index is 11.5. The number of amides is 2. The van der Waals surface area contributed by atoms with Gasteiger partial charge in [0.25, 0.3) is 0 Å². The van der Waals surface area contributed by atoms with Gasteiger partial charge in [-0.05, 0) is 12.2 Å². The second-order valence-corrected chi connectivity index (χ2v) is 4.71. The number of H-pyrrole nitrogens is 1. The van der Waals surface area contributed by atoms with Crippen molar-refractivity contribution in [1.82, 2.24) is 10.2 Å². The van der Waals surface area contributed by atoms with Crippen LogP contribution in [0.4, 0.5) is 5.13 Å². The minimum absolute atomic E-state index is 0.201. The van der Waals surface area contributed by atoms with E-state index >= 15 is 0 Å². The van der Waals surface area contributed by atoms with E-state index in [2.05, 4.69) is 10.2 Å². The molecular formula is C7H7N3O2S2. The molecule has 14 heavy (non-hydrogen) atoms. The Morgan fingerprint density at radius 2 is 2.36 bits per heavy atom. The van der Waals surface area contributed by atoms with Crippen LogP contribution in [0.15, 0.2) is 0 Å². The fourth-order valence-corrected chi connectivity index (χ4v) is 2.20. The number of hydrogen-bond acceptors (Lipinski definition) is 5. The van der Waals surface area contributed by atoms with Crippen molar-refractivity contribution in [3.05, 3.63) is 3.95 Å². The summed E-state index contributed by atoms with van der Waals surface area (Å²) in [5.41, 5.74) is 0. The van der Waals surface area contributed by atoms with Crippen molar-refractivity contribution in [1.29, 1.82) is 0 Å². The maximum Gasteiger partial charge on any atom is 0.239 e. The molecule has 1 saturated heterocycles. The van der Waals surface area contributed by atoms with Gasteiger partial charge in [0, 0.05) is 12.3 Å². The standard InChI is InChI=1S/C7H7N3O2S2/c1-3-2-4(11)10(5(3)12)6-8-9-7(13)14-6/h3H,2H2,1H3,(H,9,13). The van der Waals surface area contributed by atoms with E-state index in [1.807, 2.05) is 0 Å². The topological polar surface area (TPSA) is 66.1 Å². The van der Waals surface area contributed by atoms with E-state index in [-0.39, 0.29) is 24.2 Å². The van der Waals surface area contributed by atoms with Gasteiger partial charge in [0.2, 0.25) is 16.9 Å². The molecule has 1 aliphatic heterocycles. The summed E-state index contributed by atoms with van der Waals surface area (Å²) in [4.78, 5) is 24.1.